The lowest BCUT2D eigenvalue weighted by atomic mass is 10.1. The van der Waals surface area contributed by atoms with Crippen molar-refractivity contribution >= 4 is 56.8 Å². The molecule has 0 aliphatic carbocycles. The molecule has 0 radical (unpaired) electrons. The number of hydrogen-bond donors (Lipinski definition) is 1. The lowest BCUT2D eigenvalue weighted by Crippen LogP contribution is -2.53. The van der Waals surface area contributed by atoms with Gasteiger partial charge in [0, 0.05) is 33.7 Å². The first-order chi connectivity index (χ1) is 21.4. The maximum Gasteiger partial charge on any atom is 0.192 e. The summed E-state index contributed by atoms with van der Waals surface area (Å²) in [5.41, 5.74) is 10.5. The van der Waals surface area contributed by atoms with E-state index in [1.807, 2.05) is 30.1 Å². The van der Waals surface area contributed by atoms with Gasteiger partial charge in [-0.2, -0.15) is 16.1 Å². The molecule has 3 aromatic heterocycles. The van der Waals surface area contributed by atoms with Gasteiger partial charge in [0.15, 0.2) is 22.9 Å². The molecular formula is C34H51N5O3S2Si2. The highest BCUT2D eigenvalue weighted by Crippen LogP contribution is 2.47. The number of hydrogen-bond acceptors (Lipinski definition) is 9. The van der Waals surface area contributed by atoms with Crippen molar-refractivity contribution < 1.29 is 13.6 Å². The summed E-state index contributed by atoms with van der Waals surface area (Å²) in [5.74, 6) is 2.06. The Bertz CT molecular complexity index is 1650. The first kappa shape index (κ1) is 35.2. The van der Waals surface area contributed by atoms with Gasteiger partial charge in [-0.05, 0) is 60.8 Å². The molecule has 250 valence electrons. The van der Waals surface area contributed by atoms with E-state index in [1.165, 1.54) is 16.8 Å². The van der Waals surface area contributed by atoms with Crippen LogP contribution in [0.25, 0.3) is 22.3 Å². The van der Waals surface area contributed by atoms with Crippen LogP contribution in [-0.2, 0) is 19.3 Å². The summed E-state index contributed by atoms with van der Waals surface area (Å²) < 4.78 is 28.6. The van der Waals surface area contributed by atoms with Gasteiger partial charge < -0.3 is 23.9 Å². The molecule has 2 N–H and O–H groups in total. The van der Waals surface area contributed by atoms with E-state index in [0.29, 0.717) is 5.82 Å². The van der Waals surface area contributed by atoms with Gasteiger partial charge in [-0.25, -0.2) is 9.97 Å². The van der Waals surface area contributed by atoms with Crippen LogP contribution in [0.4, 0.5) is 5.82 Å². The third kappa shape index (κ3) is 7.04. The molecule has 5 rings (SSSR count). The van der Waals surface area contributed by atoms with Gasteiger partial charge in [0.2, 0.25) is 0 Å². The minimum absolute atomic E-state index is 0.00851. The minimum Gasteiger partial charge on any atom is -0.408 e. The average molecular weight is 698 g/mol. The van der Waals surface area contributed by atoms with E-state index < -0.39 is 22.9 Å². The van der Waals surface area contributed by atoms with Gasteiger partial charge in [0.25, 0.3) is 0 Å². The zero-order valence-electron chi connectivity index (χ0n) is 29.2. The third-order valence-electron chi connectivity index (χ3n) is 10.1. The Morgan fingerprint density at radius 3 is 2.20 bits per heavy atom. The number of anilines is 1. The summed E-state index contributed by atoms with van der Waals surface area (Å²) >= 11 is 3.45. The molecule has 1 aromatic carbocycles. The highest BCUT2D eigenvalue weighted by molar-refractivity contribution is 7.98. The first-order valence-electron chi connectivity index (χ1n) is 16.1. The molecule has 4 aromatic rings. The second-order valence-corrected chi connectivity index (χ2v) is 26.9. The molecule has 0 spiro atoms. The highest BCUT2D eigenvalue weighted by atomic mass is 32.2. The molecule has 4 atom stereocenters. The lowest BCUT2D eigenvalue weighted by molar-refractivity contribution is -0.0244. The van der Waals surface area contributed by atoms with Crippen LogP contribution >= 0.6 is 23.3 Å². The maximum atomic E-state index is 7.33. The van der Waals surface area contributed by atoms with E-state index in [-0.39, 0.29) is 28.4 Å². The van der Waals surface area contributed by atoms with E-state index in [9.17, 15) is 0 Å². The van der Waals surface area contributed by atoms with E-state index >= 15 is 0 Å². The quantitative estimate of drug-likeness (QED) is 0.164. The smallest absolute Gasteiger partial charge is 0.192 e. The van der Waals surface area contributed by atoms with Gasteiger partial charge in [0.1, 0.15) is 30.0 Å². The maximum absolute atomic E-state index is 7.33. The van der Waals surface area contributed by atoms with E-state index in [4.69, 9.17) is 23.7 Å². The number of aryl methyl sites for hydroxylation is 1. The lowest BCUT2D eigenvalue weighted by Gasteiger charge is -2.44. The number of fused-ring (bicyclic) bond motifs is 1. The standard InChI is InChI=1S/C34H51N5O3S2Si2/c1-22-25(27(38-44-22)23-15-13-12-14-16-23)19-43-20-26-28(41-45(8,9)33(2,3)4)29(42-46(10,11)34(5,6)7)32(40-26)39-18-17-24-30(35)36-21-37-31(24)39/h12-18,21,26,28-29,32H,19-20H2,1-11H3,(H2,35,36,37)/t26-,28-,29-,32-/m1/s1. The van der Waals surface area contributed by atoms with Crippen molar-refractivity contribution in [2.45, 2.75) is 115 Å². The molecule has 0 saturated carbocycles. The summed E-state index contributed by atoms with van der Waals surface area (Å²) in [4.78, 5) is 10.1. The van der Waals surface area contributed by atoms with Crippen molar-refractivity contribution in [3.8, 4) is 11.3 Å². The van der Waals surface area contributed by atoms with Crippen molar-refractivity contribution in [1.29, 1.82) is 0 Å². The highest BCUT2D eigenvalue weighted by Gasteiger charge is 2.54. The molecule has 1 saturated heterocycles. The second kappa shape index (κ2) is 13.1. The second-order valence-electron chi connectivity index (χ2n) is 15.4. The molecular weight excluding hydrogens is 647 g/mol. The summed E-state index contributed by atoms with van der Waals surface area (Å²) in [6.45, 7) is 25.1. The van der Waals surface area contributed by atoms with Crippen LogP contribution in [0.3, 0.4) is 0 Å². The van der Waals surface area contributed by atoms with E-state index in [0.717, 1.165) is 33.8 Å². The Labute approximate surface area is 285 Å². The van der Waals surface area contributed by atoms with Crippen LogP contribution in [0.5, 0.6) is 0 Å². The number of nitrogens with two attached hydrogens (primary N) is 1. The fourth-order valence-corrected chi connectivity index (χ4v) is 9.82. The van der Waals surface area contributed by atoms with E-state index in [2.05, 4.69) is 113 Å². The van der Waals surface area contributed by atoms with Gasteiger partial charge in [-0.1, -0.05) is 71.9 Å². The van der Waals surface area contributed by atoms with Crippen LogP contribution in [0.15, 0.2) is 48.9 Å². The van der Waals surface area contributed by atoms with Crippen LogP contribution < -0.4 is 5.73 Å². The Kier molecular flexibility index (Phi) is 10.0. The monoisotopic (exact) mass is 697 g/mol. The Morgan fingerprint density at radius 1 is 0.935 bits per heavy atom. The SMILES string of the molecule is Cc1snc(-c2ccccc2)c1CSC[C@H]1O[C@@H](n2ccc3c(N)ncnc32)[C@H](O[Si](C)(C)C(C)(C)C)[C@@H]1O[Si](C)(C)C(C)(C)C. The fourth-order valence-electron chi connectivity index (χ4n) is 5.22. The van der Waals surface area contributed by atoms with Crippen LogP contribution in [0.2, 0.25) is 36.3 Å². The minimum atomic E-state index is -2.25. The molecule has 4 heterocycles. The Balaban J connectivity index is 1.52. The average Bonchev–Trinajstić information content (AvgIpc) is 3.64. The Hall–Kier alpha value is -2.07. The van der Waals surface area contributed by atoms with Crippen molar-refractivity contribution in [3.05, 3.63) is 59.4 Å². The molecule has 0 amide bonds. The van der Waals surface area contributed by atoms with Crippen molar-refractivity contribution in [1.82, 2.24) is 18.9 Å². The molecule has 1 aliphatic heterocycles. The number of rotatable bonds is 10. The molecule has 12 heteroatoms. The predicted molar refractivity (Wildman–Crippen MR) is 198 cm³/mol. The number of nitrogen functional groups attached to an aromatic ring is 1. The number of thioether (sulfide) groups is 1. The number of nitrogens with zero attached hydrogens (tertiary/aromatic N) is 4. The third-order valence-corrected chi connectivity index (χ3v) is 20.9. The summed E-state index contributed by atoms with van der Waals surface area (Å²) in [5, 5.41) is 0.843. The van der Waals surface area contributed by atoms with Crippen molar-refractivity contribution in [3.63, 3.8) is 0 Å². The van der Waals surface area contributed by atoms with Gasteiger partial charge in [-0.3, -0.25) is 0 Å². The normalized spacial score (nSPS) is 21.4. The largest absolute Gasteiger partial charge is 0.408 e. The predicted octanol–water partition coefficient (Wildman–Crippen LogP) is 9.06. The van der Waals surface area contributed by atoms with Crippen LogP contribution in [0, 0.1) is 6.92 Å². The van der Waals surface area contributed by atoms with E-state index in [1.54, 1.807) is 11.5 Å². The molecule has 46 heavy (non-hydrogen) atoms. The van der Waals surface area contributed by atoms with Gasteiger partial charge in [0.05, 0.1) is 17.2 Å². The summed E-state index contributed by atoms with van der Waals surface area (Å²) in [6.07, 6.45) is 2.34. The topological polar surface area (TPSA) is 97.3 Å². The zero-order chi connectivity index (χ0) is 33.7. The number of aromatic nitrogens is 4. The van der Waals surface area contributed by atoms with Crippen molar-refractivity contribution in [2.75, 3.05) is 11.5 Å². The molecule has 8 nitrogen and oxygen atoms in total. The summed E-state index contributed by atoms with van der Waals surface area (Å²) in [7, 11) is -4.47. The van der Waals surface area contributed by atoms with Crippen LogP contribution in [-0.4, -0.2) is 59.6 Å². The molecule has 0 bridgehead atoms. The van der Waals surface area contributed by atoms with Crippen molar-refractivity contribution in [2.24, 2.45) is 0 Å². The molecule has 0 unspecified atom stereocenters. The zero-order valence-corrected chi connectivity index (χ0v) is 32.9. The van der Waals surface area contributed by atoms with Gasteiger partial charge in [-0.15, -0.1) is 0 Å². The number of benzene rings is 1. The fraction of sp³-hybridized carbons (Fsp3) is 0.559. The summed E-state index contributed by atoms with van der Waals surface area (Å²) in [6, 6.07) is 12.4. The van der Waals surface area contributed by atoms with Crippen LogP contribution in [0.1, 0.15) is 58.2 Å². The molecule has 1 fully saturated rings. The molecule has 1 aliphatic rings. The Morgan fingerprint density at radius 2 is 1.57 bits per heavy atom. The number of ether oxygens (including phenoxy) is 1. The first-order valence-corrected chi connectivity index (χ1v) is 23.8. The van der Waals surface area contributed by atoms with Gasteiger partial charge >= 0.3 is 0 Å².